The lowest BCUT2D eigenvalue weighted by Crippen LogP contribution is -2.42. The van der Waals surface area contributed by atoms with Crippen LogP contribution >= 0.6 is 0 Å². The number of aliphatic carboxylic acids is 1. The number of sulfonamides is 1. The predicted molar refractivity (Wildman–Crippen MR) is 101 cm³/mol. The zero-order valence-corrected chi connectivity index (χ0v) is 15.3. The number of benzene rings is 2. The van der Waals surface area contributed by atoms with Gasteiger partial charge in [0.25, 0.3) is 0 Å². The van der Waals surface area contributed by atoms with Gasteiger partial charge in [-0.05, 0) is 31.0 Å². The monoisotopic (exact) mass is 385 g/mol. The van der Waals surface area contributed by atoms with Crippen LogP contribution in [0, 0.1) is 5.92 Å². The van der Waals surface area contributed by atoms with Gasteiger partial charge in [0.05, 0.1) is 21.8 Å². The first-order valence-corrected chi connectivity index (χ1v) is 10.2. The van der Waals surface area contributed by atoms with E-state index >= 15 is 0 Å². The Morgan fingerprint density at radius 3 is 2.70 bits per heavy atom. The molecule has 1 saturated heterocycles. The van der Waals surface area contributed by atoms with Gasteiger partial charge < -0.3 is 10.1 Å². The van der Waals surface area contributed by atoms with E-state index in [-0.39, 0.29) is 11.4 Å². The highest BCUT2D eigenvalue weighted by atomic mass is 32.2. The fraction of sp³-hybridized carbons (Fsp3) is 0.263. The summed E-state index contributed by atoms with van der Waals surface area (Å²) in [6.07, 6.45) is 1.04. The summed E-state index contributed by atoms with van der Waals surface area (Å²) in [7, 11) is -3.75. The number of nitrogens with one attached hydrogen (secondary N) is 1. The van der Waals surface area contributed by atoms with Crippen LogP contribution < -0.4 is 0 Å². The van der Waals surface area contributed by atoms with Crippen LogP contribution in [0.5, 0.6) is 0 Å². The molecule has 0 bridgehead atoms. The number of fused-ring (bicyclic) bond motifs is 1. The van der Waals surface area contributed by atoms with Gasteiger partial charge in [-0.15, -0.1) is 0 Å². The van der Waals surface area contributed by atoms with Crippen LogP contribution in [0.1, 0.15) is 12.8 Å². The van der Waals surface area contributed by atoms with Crippen molar-refractivity contribution >= 4 is 27.0 Å². The maximum atomic E-state index is 13.0. The number of carboxylic acids is 1. The maximum Gasteiger partial charge on any atom is 0.307 e. The van der Waals surface area contributed by atoms with Gasteiger partial charge in [-0.1, -0.05) is 30.3 Å². The SMILES string of the molecule is O=C(O)[C@@H]1CCCN(S(=O)(=O)c2ccc3nc(-c4ccccc4)[nH]c3c2)C1. The lowest BCUT2D eigenvalue weighted by Gasteiger charge is -2.29. The molecule has 2 N–H and O–H groups in total. The largest absolute Gasteiger partial charge is 0.481 e. The number of hydrogen-bond donors (Lipinski definition) is 2. The highest BCUT2D eigenvalue weighted by molar-refractivity contribution is 7.89. The van der Waals surface area contributed by atoms with Crippen LogP contribution in [-0.2, 0) is 14.8 Å². The number of carboxylic acid groups (broad SMARTS) is 1. The first kappa shape index (κ1) is 17.7. The molecule has 0 spiro atoms. The van der Waals surface area contributed by atoms with E-state index in [1.54, 1.807) is 12.1 Å². The van der Waals surface area contributed by atoms with Gasteiger partial charge in [0.1, 0.15) is 5.82 Å². The minimum absolute atomic E-state index is 0.00788. The van der Waals surface area contributed by atoms with Gasteiger partial charge in [0.15, 0.2) is 0 Å². The average molecular weight is 385 g/mol. The minimum Gasteiger partial charge on any atom is -0.481 e. The lowest BCUT2D eigenvalue weighted by atomic mass is 10.0. The molecule has 0 amide bonds. The standard InChI is InChI=1S/C19H19N3O4S/c23-19(24)14-7-4-10-22(12-14)27(25,26)15-8-9-16-17(11-15)21-18(20-16)13-5-2-1-3-6-13/h1-3,5-6,8-9,11,14H,4,7,10,12H2,(H,20,21)(H,23,24)/t14-/m1/s1. The Morgan fingerprint density at radius 2 is 1.96 bits per heavy atom. The number of imidazole rings is 1. The summed E-state index contributed by atoms with van der Waals surface area (Å²) < 4.78 is 27.2. The van der Waals surface area contributed by atoms with Crippen molar-refractivity contribution in [3.05, 3.63) is 48.5 Å². The summed E-state index contributed by atoms with van der Waals surface area (Å²) in [5, 5.41) is 9.21. The zero-order valence-electron chi connectivity index (χ0n) is 14.5. The molecule has 2 heterocycles. The van der Waals surface area contributed by atoms with Crippen LogP contribution in [0.25, 0.3) is 22.4 Å². The van der Waals surface area contributed by atoms with Crippen molar-refractivity contribution in [3.63, 3.8) is 0 Å². The van der Waals surface area contributed by atoms with Gasteiger partial charge in [-0.25, -0.2) is 13.4 Å². The number of piperidine rings is 1. The molecule has 1 aliphatic rings. The Bertz CT molecular complexity index is 1090. The van der Waals surface area contributed by atoms with E-state index in [4.69, 9.17) is 0 Å². The van der Waals surface area contributed by atoms with E-state index in [1.165, 1.54) is 10.4 Å². The maximum absolute atomic E-state index is 13.0. The van der Waals surface area contributed by atoms with E-state index in [9.17, 15) is 18.3 Å². The molecule has 140 valence electrons. The van der Waals surface area contributed by atoms with E-state index < -0.39 is 21.9 Å². The average Bonchev–Trinajstić information content (AvgIpc) is 3.12. The van der Waals surface area contributed by atoms with Crippen LogP contribution in [0.15, 0.2) is 53.4 Å². The van der Waals surface area contributed by atoms with E-state index in [1.807, 2.05) is 30.3 Å². The fourth-order valence-corrected chi connectivity index (χ4v) is 4.94. The zero-order chi connectivity index (χ0) is 19.0. The molecule has 4 rings (SSSR count). The number of carbonyl (C=O) groups is 1. The van der Waals surface area contributed by atoms with Crippen molar-refractivity contribution in [2.75, 3.05) is 13.1 Å². The van der Waals surface area contributed by atoms with Gasteiger partial charge in [-0.3, -0.25) is 4.79 Å². The second-order valence-corrected chi connectivity index (χ2v) is 8.61. The molecule has 2 aromatic carbocycles. The molecule has 3 aromatic rings. The van der Waals surface area contributed by atoms with Gasteiger partial charge in [0.2, 0.25) is 10.0 Å². The molecule has 1 aliphatic heterocycles. The topological polar surface area (TPSA) is 103 Å². The summed E-state index contributed by atoms with van der Waals surface area (Å²) in [5.74, 6) is -0.940. The summed E-state index contributed by atoms with van der Waals surface area (Å²) in [5.41, 5.74) is 2.22. The van der Waals surface area contributed by atoms with E-state index in [0.29, 0.717) is 36.2 Å². The number of hydrogen-bond acceptors (Lipinski definition) is 4. The molecule has 0 radical (unpaired) electrons. The smallest absolute Gasteiger partial charge is 0.307 e. The Morgan fingerprint density at radius 1 is 1.19 bits per heavy atom. The van der Waals surface area contributed by atoms with Gasteiger partial charge >= 0.3 is 5.97 Å². The number of aromatic amines is 1. The van der Waals surface area contributed by atoms with Gasteiger partial charge in [-0.2, -0.15) is 4.31 Å². The van der Waals surface area contributed by atoms with Crippen molar-refractivity contribution < 1.29 is 18.3 Å². The molecule has 0 unspecified atom stereocenters. The fourth-order valence-electron chi connectivity index (χ4n) is 3.39. The normalized spacial score (nSPS) is 18.6. The number of rotatable bonds is 4. The van der Waals surface area contributed by atoms with Crippen LogP contribution in [0.2, 0.25) is 0 Å². The van der Waals surface area contributed by atoms with Crippen molar-refractivity contribution in [3.8, 4) is 11.4 Å². The predicted octanol–water partition coefficient (Wildman–Crippen LogP) is 2.72. The molecule has 0 aliphatic carbocycles. The van der Waals surface area contributed by atoms with Crippen molar-refractivity contribution in [2.45, 2.75) is 17.7 Å². The minimum atomic E-state index is -3.75. The first-order chi connectivity index (χ1) is 12.9. The van der Waals surface area contributed by atoms with Crippen molar-refractivity contribution in [2.24, 2.45) is 5.92 Å². The Labute approximate surface area is 156 Å². The van der Waals surface area contributed by atoms with E-state index in [0.717, 1.165) is 5.56 Å². The summed E-state index contributed by atoms with van der Waals surface area (Å²) in [4.78, 5) is 19.1. The molecule has 1 fully saturated rings. The Kier molecular flexibility index (Phi) is 4.45. The Balaban J connectivity index is 1.68. The van der Waals surface area contributed by atoms with Crippen molar-refractivity contribution in [1.82, 2.24) is 14.3 Å². The molecule has 7 nitrogen and oxygen atoms in total. The molecule has 1 atom stereocenters. The molecule has 8 heteroatoms. The molecule has 27 heavy (non-hydrogen) atoms. The second-order valence-electron chi connectivity index (χ2n) is 6.67. The third-order valence-corrected chi connectivity index (χ3v) is 6.73. The number of nitrogens with zero attached hydrogens (tertiary/aromatic N) is 2. The van der Waals surface area contributed by atoms with Crippen LogP contribution in [0.3, 0.4) is 0 Å². The lowest BCUT2D eigenvalue weighted by molar-refractivity contribution is -0.142. The summed E-state index contributed by atoms with van der Waals surface area (Å²) in [6, 6.07) is 14.3. The summed E-state index contributed by atoms with van der Waals surface area (Å²) in [6.45, 7) is 0.344. The number of H-pyrrole nitrogens is 1. The highest BCUT2D eigenvalue weighted by Crippen LogP contribution is 2.27. The van der Waals surface area contributed by atoms with E-state index in [2.05, 4.69) is 9.97 Å². The van der Waals surface area contributed by atoms with Crippen LogP contribution in [0.4, 0.5) is 0 Å². The third kappa shape index (κ3) is 3.33. The van der Waals surface area contributed by atoms with Crippen LogP contribution in [-0.4, -0.2) is 46.9 Å². The summed E-state index contributed by atoms with van der Waals surface area (Å²) >= 11 is 0. The van der Waals surface area contributed by atoms with Crippen molar-refractivity contribution in [1.29, 1.82) is 0 Å². The highest BCUT2D eigenvalue weighted by Gasteiger charge is 2.33. The molecule has 1 aromatic heterocycles. The second kappa shape index (κ2) is 6.79. The molecular weight excluding hydrogens is 366 g/mol. The number of aromatic nitrogens is 2. The first-order valence-electron chi connectivity index (χ1n) is 8.73. The third-order valence-electron chi connectivity index (χ3n) is 4.87. The van der Waals surface area contributed by atoms with Gasteiger partial charge in [0, 0.05) is 18.7 Å². The molecule has 0 saturated carbocycles. The molecular formula is C19H19N3O4S. The Hall–Kier alpha value is -2.71. The quantitative estimate of drug-likeness (QED) is 0.719.